The minimum Gasteiger partial charge on any atom is -0.479 e. The number of hydrogen-bond acceptors (Lipinski definition) is 9. The van der Waals surface area contributed by atoms with Crippen molar-refractivity contribution >= 4 is 17.6 Å². The van der Waals surface area contributed by atoms with E-state index in [9.17, 15) is 9.90 Å². The van der Waals surface area contributed by atoms with Gasteiger partial charge in [0.15, 0.2) is 6.10 Å². The normalized spacial score (nSPS) is 17.0. The predicted octanol–water partition coefficient (Wildman–Crippen LogP) is 6.43. The van der Waals surface area contributed by atoms with Gasteiger partial charge in [-0.2, -0.15) is 0 Å². The van der Waals surface area contributed by atoms with Gasteiger partial charge in [0.05, 0.1) is 23.2 Å². The van der Waals surface area contributed by atoms with Crippen LogP contribution >= 0.6 is 0 Å². The third-order valence-corrected chi connectivity index (χ3v) is 8.96. The highest BCUT2D eigenvalue weighted by molar-refractivity contribution is 5.86. The fraction of sp³-hybridized carbons (Fsp3) is 0.444. The number of aryl methyl sites for hydroxylation is 1. The number of aromatic nitrogens is 5. The van der Waals surface area contributed by atoms with Crippen molar-refractivity contribution in [3.8, 4) is 22.5 Å². The molecule has 0 saturated carbocycles. The number of carboxylic acid groups (broad SMARTS) is 1. The average Bonchev–Trinajstić information content (AvgIpc) is 3.03. The highest BCUT2D eigenvalue weighted by atomic mass is 16.5. The Morgan fingerprint density at radius 1 is 0.935 bits per heavy atom. The van der Waals surface area contributed by atoms with Crippen molar-refractivity contribution in [1.82, 2.24) is 24.9 Å². The number of anilines is 2. The molecule has 240 valence electrons. The highest BCUT2D eigenvalue weighted by Crippen LogP contribution is 2.44. The van der Waals surface area contributed by atoms with E-state index in [4.69, 9.17) is 14.7 Å². The van der Waals surface area contributed by atoms with Gasteiger partial charge in [0.1, 0.15) is 5.69 Å². The van der Waals surface area contributed by atoms with E-state index in [1.165, 1.54) is 11.1 Å². The van der Waals surface area contributed by atoms with Crippen LogP contribution in [0.2, 0.25) is 0 Å². The van der Waals surface area contributed by atoms with Crippen molar-refractivity contribution in [2.75, 3.05) is 29.4 Å². The number of hydrogen-bond donors (Lipinski definition) is 1. The second-order valence-electron chi connectivity index (χ2n) is 14.1. The molecule has 1 aromatic carbocycles. The van der Waals surface area contributed by atoms with Crippen LogP contribution in [0.15, 0.2) is 55.2 Å². The first-order valence-electron chi connectivity index (χ1n) is 16.0. The lowest BCUT2D eigenvalue weighted by Crippen LogP contribution is -2.39. The van der Waals surface area contributed by atoms with Crippen molar-refractivity contribution in [2.45, 2.75) is 79.1 Å². The van der Waals surface area contributed by atoms with Gasteiger partial charge in [-0.15, -0.1) is 0 Å². The van der Waals surface area contributed by atoms with Gasteiger partial charge < -0.3 is 19.6 Å². The number of carbonyl (C=O) groups is 1. The van der Waals surface area contributed by atoms with Crippen LogP contribution in [-0.4, -0.2) is 61.2 Å². The fourth-order valence-electron chi connectivity index (χ4n) is 6.36. The van der Waals surface area contributed by atoms with Gasteiger partial charge in [-0.1, -0.05) is 32.0 Å². The Labute approximate surface area is 270 Å². The highest BCUT2D eigenvalue weighted by Gasteiger charge is 2.36. The van der Waals surface area contributed by atoms with Crippen molar-refractivity contribution in [3.05, 3.63) is 77.6 Å². The molecule has 1 fully saturated rings. The number of ether oxygens (including phenoxy) is 1. The van der Waals surface area contributed by atoms with Gasteiger partial charge in [0, 0.05) is 67.8 Å². The summed E-state index contributed by atoms with van der Waals surface area (Å²) in [7, 11) is 0. The topological polar surface area (TPSA) is 117 Å². The van der Waals surface area contributed by atoms with Crippen LogP contribution in [0, 0.1) is 12.3 Å². The number of fused-ring (bicyclic) bond motifs is 1. The molecule has 0 bridgehead atoms. The number of carboxylic acids is 1. The van der Waals surface area contributed by atoms with E-state index < -0.39 is 17.7 Å². The molecule has 6 rings (SSSR count). The first-order chi connectivity index (χ1) is 21.9. The number of benzene rings is 1. The molecule has 46 heavy (non-hydrogen) atoms. The predicted molar refractivity (Wildman–Crippen MR) is 179 cm³/mol. The third-order valence-electron chi connectivity index (χ3n) is 8.96. The summed E-state index contributed by atoms with van der Waals surface area (Å²) in [6.07, 6.45) is 10.4. The molecular weight excluding hydrogens is 578 g/mol. The first-order valence-corrected chi connectivity index (χ1v) is 16.0. The van der Waals surface area contributed by atoms with E-state index in [1.807, 2.05) is 40.0 Å². The molecule has 2 aliphatic rings. The number of pyridine rings is 1. The maximum atomic E-state index is 12.8. The van der Waals surface area contributed by atoms with E-state index in [-0.39, 0.29) is 5.41 Å². The maximum Gasteiger partial charge on any atom is 0.337 e. The van der Waals surface area contributed by atoms with E-state index in [0.29, 0.717) is 29.4 Å². The van der Waals surface area contributed by atoms with Crippen LogP contribution in [0.5, 0.6) is 0 Å². The SMILES string of the molecule is Cc1ncc(-c2ccc3c(c2)CCN(c2nccc(-c4cnccn4)n2)C3)c(N2CCC(C)(C)CC2)c1[C@H](OC(C)(C)C)C(=O)O. The van der Waals surface area contributed by atoms with E-state index >= 15 is 0 Å². The van der Waals surface area contributed by atoms with Crippen molar-refractivity contribution in [1.29, 1.82) is 0 Å². The lowest BCUT2D eigenvalue weighted by atomic mass is 9.82. The Hall–Kier alpha value is -4.44. The summed E-state index contributed by atoms with van der Waals surface area (Å²) in [5, 5.41) is 10.4. The first kappa shape index (κ1) is 31.5. The maximum absolute atomic E-state index is 12.8. The summed E-state index contributed by atoms with van der Waals surface area (Å²) < 4.78 is 6.22. The monoisotopic (exact) mass is 621 g/mol. The van der Waals surface area contributed by atoms with E-state index in [0.717, 1.165) is 61.4 Å². The van der Waals surface area contributed by atoms with Gasteiger partial charge in [0.25, 0.3) is 0 Å². The van der Waals surface area contributed by atoms with E-state index in [1.54, 1.807) is 24.8 Å². The summed E-state index contributed by atoms with van der Waals surface area (Å²) in [5.74, 6) is -0.342. The molecule has 4 aromatic rings. The van der Waals surface area contributed by atoms with Crippen molar-refractivity contribution in [3.63, 3.8) is 0 Å². The molecule has 0 spiro atoms. The lowest BCUT2D eigenvalue weighted by Gasteiger charge is -2.41. The van der Waals surface area contributed by atoms with Crippen molar-refractivity contribution in [2.24, 2.45) is 5.41 Å². The van der Waals surface area contributed by atoms with Gasteiger partial charge in [-0.25, -0.2) is 14.8 Å². The molecule has 1 saturated heterocycles. The molecule has 0 amide bonds. The molecule has 5 heterocycles. The zero-order valence-electron chi connectivity index (χ0n) is 27.6. The number of piperidine rings is 1. The Balaban J connectivity index is 1.36. The van der Waals surface area contributed by atoms with Crippen molar-refractivity contribution < 1.29 is 14.6 Å². The summed E-state index contributed by atoms with van der Waals surface area (Å²) in [4.78, 5) is 40.0. The molecule has 0 unspecified atom stereocenters. The Bertz CT molecular complexity index is 1730. The zero-order chi connectivity index (χ0) is 32.6. The quantitative estimate of drug-likeness (QED) is 0.247. The molecule has 1 atom stereocenters. The van der Waals surface area contributed by atoms with Crippen LogP contribution in [-0.2, 0) is 22.5 Å². The summed E-state index contributed by atoms with van der Waals surface area (Å²) in [5.41, 5.74) is 7.72. The lowest BCUT2D eigenvalue weighted by molar-refractivity contribution is -0.160. The third kappa shape index (κ3) is 6.72. The zero-order valence-corrected chi connectivity index (χ0v) is 27.6. The molecule has 0 radical (unpaired) electrons. The summed E-state index contributed by atoms with van der Waals surface area (Å²) in [6, 6.07) is 8.40. The van der Waals surface area contributed by atoms with Crippen LogP contribution in [0.25, 0.3) is 22.5 Å². The molecule has 10 nitrogen and oxygen atoms in total. The molecule has 1 N–H and O–H groups in total. The molecule has 10 heteroatoms. The Kier molecular flexibility index (Phi) is 8.50. The molecular formula is C36H43N7O3. The minimum absolute atomic E-state index is 0.239. The number of nitrogens with zero attached hydrogens (tertiary/aromatic N) is 7. The van der Waals surface area contributed by atoms with Crippen LogP contribution in [0.1, 0.15) is 75.9 Å². The largest absolute Gasteiger partial charge is 0.479 e. The minimum atomic E-state index is -1.14. The molecule has 2 aliphatic heterocycles. The second kappa shape index (κ2) is 12.4. The van der Waals surface area contributed by atoms with Crippen LogP contribution < -0.4 is 9.80 Å². The number of aliphatic carboxylic acids is 1. The molecule has 0 aliphatic carbocycles. The molecule has 3 aromatic heterocycles. The Morgan fingerprint density at radius 3 is 2.41 bits per heavy atom. The van der Waals surface area contributed by atoms with Gasteiger partial charge in [0.2, 0.25) is 5.95 Å². The second-order valence-corrected chi connectivity index (χ2v) is 14.1. The van der Waals surface area contributed by atoms with E-state index in [2.05, 4.69) is 56.8 Å². The van der Waals surface area contributed by atoms with Gasteiger partial charge in [-0.05, 0) is 75.1 Å². The summed E-state index contributed by atoms with van der Waals surface area (Å²) >= 11 is 0. The average molecular weight is 622 g/mol. The summed E-state index contributed by atoms with van der Waals surface area (Å²) in [6.45, 7) is 15.3. The van der Waals surface area contributed by atoms with Gasteiger partial charge in [-0.3, -0.25) is 15.0 Å². The van der Waals surface area contributed by atoms with Crippen LogP contribution in [0.3, 0.4) is 0 Å². The smallest absolute Gasteiger partial charge is 0.337 e. The Morgan fingerprint density at radius 2 is 1.72 bits per heavy atom. The number of rotatable bonds is 7. The van der Waals surface area contributed by atoms with Gasteiger partial charge >= 0.3 is 5.97 Å². The van der Waals surface area contributed by atoms with Crippen LogP contribution in [0.4, 0.5) is 11.6 Å². The fourth-order valence-corrected chi connectivity index (χ4v) is 6.36. The standard InChI is InChI=1S/C36H43N7O3/c1-23-30(32(33(44)45)46-35(2,3)4)31(42-17-11-36(5,6)12-18-42)27(20-40-23)25-7-8-26-22-43(16-10-24(26)19-25)34-39-13-9-28(41-34)29-21-37-14-15-38-29/h7-9,13-15,19-21,32H,10-12,16-18,22H2,1-6H3,(H,44,45)/t32-/m0/s1.